The summed E-state index contributed by atoms with van der Waals surface area (Å²) in [6.45, 7) is 3.51. The molecule has 3 rings (SSSR count). The van der Waals surface area contributed by atoms with Gasteiger partial charge in [0.25, 0.3) is 10.0 Å². The molecule has 140 valence electrons. The van der Waals surface area contributed by atoms with Crippen molar-refractivity contribution in [3.8, 4) is 0 Å². The molecule has 0 bridgehead atoms. The average molecular weight is 377 g/mol. The molecule has 0 aliphatic heterocycles. The van der Waals surface area contributed by atoms with Crippen LogP contribution >= 0.6 is 0 Å². The molecule has 1 aromatic heterocycles. The van der Waals surface area contributed by atoms with E-state index in [0.717, 1.165) is 41.4 Å². The van der Waals surface area contributed by atoms with Crippen LogP contribution in [0.25, 0.3) is 0 Å². The first-order valence-corrected chi connectivity index (χ1v) is 10.1. The summed E-state index contributed by atoms with van der Waals surface area (Å²) in [7, 11) is -3.99. The number of hydrogen-bond donors (Lipinski definition) is 1. The van der Waals surface area contributed by atoms with Gasteiger partial charge in [-0.3, -0.25) is 9.36 Å². The Morgan fingerprint density at radius 2 is 1.85 bits per heavy atom. The third-order valence-electron chi connectivity index (χ3n) is 4.89. The van der Waals surface area contributed by atoms with Crippen LogP contribution in [-0.2, 0) is 21.4 Å². The summed E-state index contributed by atoms with van der Waals surface area (Å²) in [5, 5.41) is 2.89. The molecular weight excluding hydrogens is 354 g/mol. The van der Waals surface area contributed by atoms with Crippen molar-refractivity contribution in [2.45, 2.75) is 57.0 Å². The van der Waals surface area contributed by atoms with E-state index in [-0.39, 0.29) is 23.4 Å². The highest BCUT2D eigenvalue weighted by Crippen LogP contribution is 2.18. The van der Waals surface area contributed by atoms with Crippen LogP contribution in [0.4, 0.5) is 0 Å². The van der Waals surface area contributed by atoms with E-state index in [2.05, 4.69) is 5.32 Å². The number of nitrogens with one attached hydrogen (secondary N) is 1. The van der Waals surface area contributed by atoms with E-state index in [0.29, 0.717) is 3.97 Å². The first kappa shape index (κ1) is 18.4. The van der Waals surface area contributed by atoms with Crippen molar-refractivity contribution in [3.63, 3.8) is 0 Å². The second kappa shape index (κ2) is 7.11. The number of aryl methyl sites for hydroxylation is 2. The smallest absolute Gasteiger partial charge is 0.342 e. The van der Waals surface area contributed by atoms with Gasteiger partial charge < -0.3 is 5.32 Å². The molecule has 0 saturated heterocycles. The summed E-state index contributed by atoms with van der Waals surface area (Å²) in [6.07, 6.45) is 6.60. The first-order chi connectivity index (χ1) is 12.3. The Labute approximate surface area is 152 Å². The molecule has 0 spiro atoms. The number of aromatic nitrogens is 2. The van der Waals surface area contributed by atoms with Crippen molar-refractivity contribution < 1.29 is 13.2 Å². The van der Waals surface area contributed by atoms with Crippen LogP contribution in [0.2, 0.25) is 0 Å². The predicted octanol–water partition coefficient (Wildman–Crippen LogP) is 1.56. The molecule has 1 heterocycles. The summed E-state index contributed by atoms with van der Waals surface area (Å²) in [5.74, 6) is -0.277. The third-order valence-corrected chi connectivity index (χ3v) is 6.53. The maximum Gasteiger partial charge on any atom is 0.342 e. The molecule has 1 amide bonds. The Morgan fingerprint density at radius 1 is 1.15 bits per heavy atom. The van der Waals surface area contributed by atoms with E-state index in [1.54, 1.807) is 12.1 Å². The molecule has 1 aromatic carbocycles. The summed E-state index contributed by atoms with van der Waals surface area (Å²) in [6, 6.07) is 4.88. The highest BCUT2D eigenvalue weighted by molar-refractivity contribution is 7.90. The Kier molecular flexibility index (Phi) is 5.04. The molecule has 1 fully saturated rings. The largest absolute Gasteiger partial charge is 0.352 e. The van der Waals surface area contributed by atoms with Crippen molar-refractivity contribution >= 4 is 15.9 Å². The molecule has 1 aliphatic rings. The minimum atomic E-state index is -3.99. The average Bonchev–Trinajstić information content (AvgIpc) is 3.21. The maximum absolute atomic E-state index is 12.7. The van der Waals surface area contributed by atoms with Crippen LogP contribution in [0, 0.1) is 13.8 Å². The van der Waals surface area contributed by atoms with Gasteiger partial charge in [0.05, 0.1) is 4.90 Å². The molecule has 0 atom stereocenters. The summed E-state index contributed by atoms with van der Waals surface area (Å²) >= 11 is 0. The zero-order chi connectivity index (χ0) is 18.9. The highest BCUT2D eigenvalue weighted by Gasteiger charge is 2.22. The molecule has 1 saturated carbocycles. The Morgan fingerprint density at radius 3 is 2.50 bits per heavy atom. The van der Waals surface area contributed by atoms with Crippen LogP contribution in [0.1, 0.15) is 36.8 Å². The van der Waals surface area contributed by atoms with Gasteiger partial charge in [-0.15, -0.1) is 0 Å². The minimum Gasteiger partial charge on any atom is -0.352 e. The quantitative estimate of drug-likeness (QED) is 0.856. The lowest BCUT2D eigenvalue weighted by atomic mass is 10.1. The predicted molar refractivity (Wildman–Crippen MR) is 97.6 cm³/mol. The van der Waals surface area contributed by atoms with Crippen molar-refractivity contribution in [1.82, 2.24) is 13.9 Å². The second-order valence-electron chi connectivity index (χ2n) is 6.80. The summed E-state index contributed by atoms with van der Waals surface area (Å²) in [5.41, 5.74) is 1.05. The van der Waals surface area contributed by atoms with E-state index >= 15 is 0 Å². The fraction of sp³-hybridized carbons (Fsp3) is 0.444. The number of hydrogen-bond acceptors (Lipinski definition) is 4. The SMILES string of the molecule is Cc1ccc(S(=O)(=O)n2ccn(CC(=O)NC3CCCC3)c2=O)cc1C. The zero-order valence-electron chi connectivity index (χ0n) is 14.9. The van der Waals surface area contributed by atoms with E-state index < -0.39 is 15.7 Å². The standard InChI is InChI=1S/C18H23N3O4S/c1-13-7-8-16(11-14(13)2)26(24,25)21-10-9-20(18(21)23)12-17(22)19-15-5-3-4-6-15/h7-11,15H,3-6,12H2,1-2H3,(H,19,22). The van der Waals surface area contributed by atoms with E-state index in [4.69, 9.17) is 0 Å². The Balaban J connectivity index is 1.82. The monoisotopic (exact) mass is 377 g/mol. The summed E-state index contributed by atoms with van der Waals surface area (Å²) in [4.78, 5) is 24.6. The van der Waals surface area contributed by atoms with Gasteiger partial charge in [-0.1, -0.05) is 18.9 Å². The summed E-state index contributed by atoms with van der Waals surface area (Å²) < 4.78 is 27.3. The second-order valence-corrected chi connectivity index (χ2v) is 8.62. The van der Waals surface area contributed by atoms with Gasteiger partial charge in [0.2, 0.25) is 5.91 Å². The molecule has 8 heteroatoms. The number of imidazole rings is 1. The molecule has 26 heavy (non-hydrogen) atoms. The van der Waals surface area contributed by atoms with E-state index in [1.807, 2.05) is 13.8 Å². The molecule has 0 radical (unpaired) electrons. The maximum atomic E-state index is 12.7. The van der Waals surface area contributed by atoms with Gasteiger partial charge in [0.15, 0.2) is 0 Å². The van der Waals surface area contributed by atoms with Crippen LogP contribution in [0.15, 0.2) is 40.3 Å². The normalized spacial score (nSPS) is 15.3. The van der Waals surface area contributed by atoms with Crippen LogP contribution < -0.4 is 11.0 Å². The lowest BCUT2D eigenvalue weighted by molar-refractivity contribution is -0.122. The fourth-order valence-corrected chi connectivity index (χ4v) is 4.50. The molecule has 1 N–H and O–H groups in total. The van der Waals surface area contributed by atoms with Crippen LogP contribution in [0.5, 0.6) is 0 Å². The molecular formula is C18H23N3O4S. The van der Waals surface area contributed by atoms with Gasteiger partial charge in [0, 0.05) is 18.4 Å². The number of rotatable bonds is 5. The number of nitrogens with zero attached hydrogens (tertiary/aromatic N) is 2. The fourth-order valence-electron chi connectivity index (χ4n) is 3.18. The van der Waals surface area contributed by atoms with Gasteiger partial charge in [-0.25, -0.2) is 13.2 Å². The Hall–Kier alpha value is -2.35. The third kappa shape index (κ3) is 3.60. The van der Waals surface area contributed by atoms with Crippen LogP contribution in [-0.4, -0.2) is 28.9 Å². The van der Waals surface area contributed by atoms with Gasteiger partial charge >= 0.3 is 5.69 Å². The Bertz CT molecular complexity index is 982. The molecule has 7 nitrogen and oxygen atoms in total. The molecule has 2 aromatic rings. The van der Waals surface area contributed by atoms with Crippen LogP contribution in [0.3, 0.4) is 0 Å². The van der Waals surface area contributed by atoms with Gasteiger partial charge in [0.1, 0.15) is 6.54 Å². The number of amides is 1. The number of benzene rings is 1. The lowest BCUT2D eigenvalue weighted by Crippen LogP contribution is -2.38. The highest BCUT2D eigenvalue weighted by atomic mass is 32.2. The van der Waals surface area contributed by atoms with Gasteiger partial charge in [-0.05, 0) is 49.9 Å². The van der Waals surface area contributed by atoms with Crippen molar-refractivity contribution in [2.24, 2.45) is 0 Å². The molecule has 0 unspecified atom stereocenters. The van der Waals surface area contributed by atoms with Crippen molar-refractivity contribution in [3.05, 3.63) is 52.2 Å². The first-order valence-electron chi connectivity index (χ1n) is 8.69. The molecule has 1 aliphatic carbocycles. The van der Waals surface area contributed by atoms with Crippen molar-refractivity contribution in [1.29, 1.82) is 0 Å². The lowest BCUT2D eigenvalue weighted by Gasteiger charge is -2.11. The zero-order valence-corrected chi connectivity index (χ0v) is 15.8. The minimum absolute atomic E-state index is 0.0517. The number of carbonyl (C=O) groups excluding carboxylic acids is 1. The van der Waals surface area contributed by atoms with E-state index in [9.17, 15) is 18.0 Å². The number of carbonyl (C=O) groups is 1. The topological polar surface area (TPSA) is 90.2 Å². The van der Waals surface area contributed by atoms with Crippen molar-refractivity contribution in [2.75, 3.05) is 0 Å². The van der Waals surface area contributed by atoms with E-state index in [1.165, 1.54) is 18.5 Å². The van der Waals surface area contributed by atoms with Gasteiger partial charge in [-0.2, -0.15) is 3.97 Å².